The number of likely N-dealkylation sites (tertiary alicyclic amines) is 1. The number of para-hydroxylation sites is 1. The van der Waals surface area contributed by atoms with Crippen molar-refractivity contribution in [2.24, 2.45) is 5.41 Å². The summed E-state index contributed by atoms with van der Waals surface area (Å²) < 4.78 is 38.4. The van der Waals surface area contributed by atoms with Gasteiger partial charge in [-0.3, -0.25) is 9.59 Å². The van der Waals surface area contributed by atoms with Crippen LogP contribution in [-0.2, 0) is 22.3 Å². The lowest BCUT2D eigenvalue weighted by atomic mass is 9.76. The van der Waals surface area contributed by atoms with E-state index in [9.17, 15) is 27.9 Å². The van der Waals surface area contributed by atoms with Gasteiger partial charge in [-0.05, 0) is 41.6 Å². The van der Waals surface area contributed by atoms with E-state index < -0.39 is 23.1 Å². The summed E-state index contributed by atoms with van der Waals surface area (Å²) in [5.41, 5.74) is 0.152. The van der Waals surface area contributed by atoms with E-state index in [0.717, 1.165) is 12.1 Å². The molecule has 9 nitrogen and oxygen atoms in total. The maximum Gasteiger partial charge on any atom is 0.416 e. The first kappa shape index (κ1) is 23.2. The van der Waals surface area contributed by atoms with Crippen LogP contribution in [0, 0.1) is 5.41 Å². The molecule has 0 atom stereocenters. The van der Waals surface area contributed by atoms with Crippen molar-refractivity contribution in [2.45, 2.75) is 26.1 Å². The molecule has 1 fully saturated rings. The maximum atomic E-state index is 12.8. The van der Waals surface area contributed by atoms with Crippen molar-refractivity contribution in [3.63, 3.8) is 0 Å². The molecular formula is C22H21F3N6O3. The number of amides is 1. The molecule has 0 spiro atoms. The Hall–Kier alpha value is -3.96. The van der Waals surface area contributed by atoms with Gasteiger partial charge in [-0.2, -0.15) is 18.0 Å². The fourth-order valence-electron chi connectivity index (χ4n) is 3.98. The summed E-state index contributed by atoms with van der Waals surface area (Å²) in [5.74, 6) is -0.839. The van der Waals surface area contributed by atoms with Crippen molar-refractivity contribution >= 4 is 23.3 Å². The van der Waals surface area contributed by atoms with Crippen LogP contribution in [0.2, 0.25) is 0 Å². The van der Waals surface area contributed by atoms with Crippen LogP contribution >= 0.6 is 0 Å². The molecule has 178 valence electrons. The Morgan fingerprint density at radius 3 is 2.41 bits per heavy atom. The highest BCUT2D eigenvalue weighted by Gasteiger charge is 2.46. The molecule has 34 heavy (non-hydrogen) atoms. The Kier molecular flexibility index (Phi) is 5.98. The largest absolute Gasteiger partial charge is 0.481 e. The van der Waals surface area contributed by atoms with Crippen LogP contribution in [-0.4, -0.2) is 55.2 Å². The molecule has 2 N–H and O–H groups in total. The van der Waals surface area contributed by atoms with Gasteiger partial charge in [0.05, 0.1) is 18.5 Å². The number of aromatic nitrogens is 4. The highest BCUT2D eigenvalue weighted by molar-refractivity contribution is 5.77. The first-order chi connectivity index (χ1) is 16.0. The second kappa shape index (κ2) is 8.76. The fraction of sp³-hybridized carbons (Fsp3) is 0.318. The highest BCUT2D eigenvalue weighted by Crippen LogP contribution is 2.36. The molecular weight excluding hydrogens is 453 g/mol. The third-order valence-corrected chi connectivity index (χ3v) is 5.61. The van der Waals surface area contributed by atoms with E-state index in [0.29, 0.717) is 16.9 Å². The Morgan fingerprint density at radius 1 is 1.12 bits per heavy atom. The Labute approximate surface area is 192 Å². The predicted molar refractivity (Wildman–Crippen MR) is 115 cm³/mol. The molecule has 0 bridgehead atoms. The lowest BCUT2D eigenvalue weighted by Crippen LogP contribution is -2.60. The summed E-state index contributed by atoms with van der Waals surface area (Å²) in [4.78, 5) is 25.8. The molecule has 1 aromatic heterocycles. The number of benzene rings is 2. The first-order valence-electron chi connectivity index (χ1n) is 10.3. The van der Waals surface area contributed by atoms with Crippen molar-refractivity contribution in [1.29, 1.82) is 0 Å². The monoisotopic (exact) mass is 474 g/mol. The van der Waals surface area contributed by atoms with Gasteiger partial charge in [0.25, 0.3) is 0 Å². The number of nitrogens with zero attached hydrogens (tertiary/aromatic N) is 5. The van der Waals surface area contributed by atoms with Gasteiger partial charge >= 0.3 is 12.1 Å². The molecule has 4 rings (SSSR count). The minimum Gasteiger partial charge on any atom is -0.481 e. The lowest BCUT2D eigenvalue weighted by Gasteiger charge is -2.48. The van der Waals surface area contributed by atoms with Gasteiger partial charge in [-0.25, -0.2) is 0 Å². The summed E-state index contributed by atoms with van der Waals surface area (Å²) in [5, 5.41) is 24.9. The van der Waals surface area contributed by atoms with Crippen LogP contribution in [0.15, 0.2) is 48.5 Å². The van der Waals surface area contributed by atoms with Gasteiger partial charge in [0.1, 0.15) is 0 Å². The number of alkyl halides is 3. The van der Waals surface area contributed by atoms with Crippen LogP contribution in [0.1, 0.15) is 18.9 Å². The van der Waals surface area contributed by atoms with Gasteiger partial charge in [0.2, 0.25) is 11.7 Å². The van der Waals surface area contributed by atoms with E-state index in [-0.39, 0.29) is 37.8 Å². The van der Waals surface area contributed by atoms with E-state index >= 15 is 0 Å². The molecule has 0 unspecified atom stereocenters. The summed E-state index contributed by atoms with van der Waals surface area (Å²) >= 11 is 0. The average molecular weight is 474 g/mol. The van der Waals surface area contributed by atoms with E-state index in [4.69, 9.17) is 0 Å². The third kappa shape index (κ3) is 5.00. The molecule has 3 aromatic rings. The van der Waals surface area contributed by atoms with E-state index in [1.54, 1.807) is 29.2 Å². The van der Waals surface area contributed by atoms with Crippen molar-refractivity contribution in [1.82, 2.24) is 25.1 Å². The zero-order chi connectivity index (χ0) is 24.5. The second-order valence-electron chi connectivity index (χ2n) is 8.33. The number of hydrogen-bond donors (Lipinski definition) is 2. The summed E-state index contributed by atoms with van der Waals surface area (Å²) in [7, 11) is 0. The Balaban J connectivity index is 1.53. The van der Waals surface area contributed by atoms with Crippen LogP contribution in [0.4, 0.5) is 24.5 Å². The highest BCUT2D eigenvalue weighted by atomic mass is 19.4. The molecule has 1 saturated heterocycles. The van der Waals surface area contributed by atoms with Gasteiger partial charge in [0, 0.05) is 42.4 Å². The summed E-state index contributed by atoms with van der Waals surface area (Å²) in [6.07, 6.45) is -4.56. The van der Waals surface area contributed by atoms with Gasteiger partial charge in [-0.1, -0.05) is 12.1 Å². The first-order valence-corrected chi connectivity index (χ1v) is 10.3. The number of tetrazole rings is 1. The zero-order valence-electron chi connectivity index (χ0n) is 18.1. The Bertz CT molecular complexity index is 1200. The number of carbonyl (C=O) groups is 2. The van der Waals surface area contributed by atoms with E-state index in [1.165, 1.54) is 23.9 Å². The number of anilines is 2. The molecule has 1 aliphatic heterocycles. The van der Waals surface area contributed by atoms with E-state index in [1.807, 2.05) is 0 Å². The molecule has 0 radical (unpaired) electrons. The maximum absolute atomic E-state index is 12.8. The summed E-state index contributed by atoms with van der Waals surface area (Å²) in [6.45, 7) is 2.18. The number of carboxylic acid groups (broad SMARTS) is 1. The number of nitrogens with one attached hydrogen (secondary N) is 1. The number of halogens is 3. The van der Waals surface area contributed by atoms with Crippen LogP contribution in [0.3, 0.4) is 0 Å². The number of rotatable bonds is 7. The number of hydrogen-bond acceptors (Lipinski definition) is 6. The molecule has 1 amide bonds. The van der Waals surface area contributed by atoms with Gasteiger partial charge in [-0.15, -0.1) is 10.2 Å². The molecule has 0 aliphatic carbocycles. The van der Waals surface area contributed by atoms with Crippen LogP contribution in [0.25, 0.3) is 11.4 Å². The lowest BCUT2D eigenvalue weighted by molar-refractivity contribution is -0.153. The third-order valence-electron chi connectivity index (χ3n) is 5.61. The molecule has 1 aliphatic rings. The second-order valence-corrected chi connectivity index (χ2v) is 8.33. The standard InChI is InChI=1S/C22H21F3N6O3/c1-14(32)30-11-21(12-30,10-19(33)34)13-31-28-20(27-29-31)17-4-2-3-5-18(17)26-16-8-6-15(7-9-16)22(23,24)25/h2-9,26H,10-13H2,1H3,(H,33,34). The Morgan fingerprint density at radius 2 is 1.79 bits per heavy atom. The van der Waals surface area contributed by atoms with Crippen molar-refractivity contribution in [3.8, 4) is 11.4 Å². The fourth-order valence-corrected chi connectivity index (χ4v) is 3.98. The average Bonchev–Trinajstić information content (AvgIpc) is 3.19. The van der Waals surface area contributed by atoms with Crippen LogP contribution in [0.5, 0.6) is 0 Å². The summed E-state index contributed by atoms with van der Waals surface area (Å²) in [6, 6.07) is 11.6. The van der Waals surface area contributed by atoms with E-state index in [2.05, 4.69) is 20.7 Å². The zero-order valence-corrected chi connectivity index (χ0v) is 18.1. The van der Waals surface area contributed by atoms with Gasteiger partial charge in [0.15, 0.2) is 0 Å². The van der Waals surface area contributed by atoms with Gasteiger partial charge < -0.3 is 15.3 Å². The number of aliphatic carboxylic acids is 1. The number of carbonyl (C=O) groups excluding carboxylic acids is 1. The SMILES string of the molecule is CC(=O)N1CC(CC(=O)O)(Cn2nnc(-c3ccccc3Nc3ccc(C(F)(F)F)cc3)n2)C1. The van der Waals surface area contributed by atoms with Crippen LogP contribution < -0.4 is 5.32 Å². The molecule has 2 aromatic carbocycles. The quantitative estimate of drug-likeness (QED) is 0.539. The molecule has 2 heterocycles. The minimum absolute atomic E-state index is 0.128. The smallest absolute Gasteiger partial charge is 0.416 e. The number of carboxylic acids is 1. The molecule has 0 saturated carbocycles. The van der Waals surface area contributed by atoms with Crippen molar-refractivity contribution < 1.29 is 27.9 Å². The normalized spacial score (nSPS) is 15.0. The molecule has 12 heteroatoms. The topological polar surface area (TPSA) is 113 Å². The van der Waals surface area contributed by atoms with Crippen molar-refractivity contribution in [3.05, 3.63) is 54.1 Å². The van der Waals surface area contributed by atoms with Crippen molar-refractivity contribution in [2.75, 3.05) is 18.4 Å². The minimum atomic E-state index is -4.42. The predicted octanol–water partition coefficient (Wildman–Crippen LogP) is 3.43.